The lowest BCUT2D eigenvalue weighted by Crippen LogP contribution is -2.48. The van der Waals surface area contributed by atoms with Gasteiger partial charge in [0.15, 0.2) is 0 Å². The number of aryl methyl sites for hydroxylation is 1. The lowest BCUT2D eigenvalue weighted by Gasteiger charge is -2.38. The molecule has 188 valence electrons. The molecule has 0 spiro atoms. The number of hydrogen-bond donors (Lipinski definition) is 1. The molecule has 0 radical (unpaired) electrons. The maximum atomic E-state index is 9.72. The molecule has 2 aliphatic rings. The summed E-state index contributed by atoms with van der Waals surface area (Å²) in [4.78, 5) is 14.5. The molecule has 2 fully saturated rings. The summed E-state index contributed by atoms with van der Waals surface area (Å²) in [5.74, 6) is 2.27. The minimum atomic E-state index is -0.0954. The Balaban J connectivity index is 1.71. The van der Waals surface area contributed by atoms with Crippen LogP contribution in [0.5, 0.6) is 5.75 Å². The number of nitrogens with zero attached hydrogens (tertiary/aromatic N) is 4. The molecular formula is C27H36N4O4. The first kappa shape index (κ1) is 25.2. The molecule has 4 rings (SSSR count). The van der Waals surface area contributed by atoms with E-state index in [1.54, 1.807) is 7.11 Å². The average Bonchev–Trinajstić information content (AvgIpc) is 2.87. The number of hydrogen-bond acceptors (Lipinski definition) is 7. The molecule has 2 aliphatic heterocycles. The van der Waals surface area contributed by atoms with Crippen molar-refractivity contribution in [2.75, 3.05) is 46.6 Å². The zero-order valence-corrected chi connectivity index (χ0v) is 21.2. The number of morpholine rings is 2. The van der Waals surface area contributed by atoms with E-state index in [1.807, 2.05) is 31.2 Å². The minimum Gasteiger partial charge on any atom is -0.496 e. The Hall–Kier alpha value is -2.94. The van der Waals surface area contributed by atoms with Crippen LogP contribution >= 0.6 is 0 Å². The number of methoxy groups -OCH3 is 1. The van der Waals surface area contributed by atoms with Crippen LogP contribution in [0.4, 0.5) is 0 Å². The van der Waals surface area contributed by atoms with Crippen LogP contribution in [0.1, 0.15) is 30.7 Å². The van der Waals surface area contributed by atoms with Gasteiger partial charge in [-0.3, -0.25) is 4.98 Å². The summed E-state index contributed by atoms with van der Waals surface area (Å²) in [7, 11) is 1.60. The molecule has 1 aromatic carbocycles. The van der Waals surface area contributed by atoms with Crippen LogP contribution in [-0.4, -0.2) is 84.4 Å². The van der Waals surface area contributed by atoms with Gasteiger partial charge in [0.1, 0.15) is 17.4 Å². The van der Waals surface area contributed by atoms with Crippen LogP contribution in [-0.2, 0) is 16.1 Å². The van der Waals surface area contributed by atoms with Gasteiger partial charge in [-0.15, -0.1) is 0 Å². The second-order valence-corrected chi connectivity index (χ2v) is 9.10. The molecule has 1 unspecified atom stereocenters. The molecule has 8 nitrogen and oxygen atoms in total. The predicted molar refractivity (Wildman–Crippen MR) is 137 cm³/mol. The van der Waals surface area contributed by atoms with Crippen LogP contribution < -0.4 is 4.74 Å². The number of rotatable bonds is 6. The topological polar surface area (TPSA) is 79.7 Å². The number of aliphatic hydroxyl groups excluding tert-OH is 1. The van der Waals surface area contributed by atoms with E-state index < -0.39 is 0 Å². The fourth-order valence-electron chi connectivity index (χ4n) is 4.64. The number of ether oxygens (including phenoxy) is 3. The fraction of sp³-hybridized carbons (Fsp3) is 0.481. The van der Waals surface area contributed by atoms with E-state index in [4.69, 9.17) is 24.2 Å². The quantitative estimate of drug-likeness (QED) is 0.502. The highest BCUT2D eigenvalue weighted by Gasteiger charge is 2.27. The maximum Gasteiger partial charge on any atom is 0.140 e. The predicted octanol–water partition coefficient (Wildman–Crippen LogP) is 3.22. The van der Waals surface area contributed by atoms with Gasteiger partial charge in [-0.1, -0.05) is 6.58 Å². The van der Waals surface area contributed by atoms with Crippen molar-refractivity contribution in [3.63, 3.8) is 0 Å². The molecule has 2 aromatic rings. The Morgan fingerprint density at radius 2 is 1.80 bits per heavy atom. The third-order valence-corrected chi connectivity index (χ3v) is 6.65. The lowest BCUT2D eigenvalue weighted by molar-refractivity contribution is 0.0161. The number of aliphatic imine (C=N–C) groups is 1. The SMILES string of the molecule is C=C(N=C(c1ccc(-c2ccc(OC)c(CO)c2)nc1C)N1CCOC[C@@H]1C)N1CCOCC1C. The largest absolute Gasteiger partial charge is 0.496 e. The summed E-state index contributed by atoms with van der Waals surface area (Å²) in [6.45, 7) is 14.7. The summed E-state index contributed by atoms with van der Waals surface area (Å²) in [5.41, 5.74) is 4.34. The van der Waals surface area contributed by atoms with Crippen molar-refractivity contribution in [1.29, 1.82) is 0 Å². The van der Waals surface area contributed by atoms with Crippen LogP contribution in [0, 0.1) is 6.92 Å². The van der Waals surface area contributed by atoms with Gasteiger partial charge >= 0.3 is 0 Å². The molecule has 2 atom stereocenters. The fourth-order valence-corrected chi connectivity index (χ4v) is 4.64. The Morgan fingerprint density at radius 1 is 1.11 bits per heavy atom. The zero-order valence-electron chi connectivity index (χ0n) is 21.2. The normalized spacial score (nSPS) is 21.2. The molecule has 8 heteroatoms. The number of aliphatic hydroxyl groups is 1. The highest BCUT2D eigenvalue weighted by Crippen LogP contribution is 2.27. The van der Waals surface area contributed by atoms with E-state index in [-0.39, 0.29) is 18.7 Å². The molecule has 0 aliphatic carbocycles. The summed E-state index contributed by atoms with van der Waals surface area (Å²) in [6, 6.07) is 10.2. The van der Waals surface area contributed by atoms with Gasteiger partial charge in [0, 0.05) is 35.5 Å². The van der Waals surface area contributed by atoms with E-state index in [0.717, 1.165) is 52.8 Å². The number of aromatic nitrogens is 1. The van der Waals surface area contributed by atoms with E-state index >= 15 is 0 Å². The minimum absolute atomic E-state index is 0.0954. The summed E-state index contributed by atoms with van der Waals surface area (Å²) in [5, 5.41) is 9.72. The third kappa shape index (κ3) is 5.50. The molecule has 3 heterocycles. The molecule has 2 saturated heterocycles. The van der Waals surface area contributed by atoms with E-state index in [0.29, 0.717) is 32.2 Å². The Bertz CT molecular complexity index is 1090. The molecule has 0 amide bonds. The van der Waals surface area contributed by atoms with Crippen molar-refractivity contribution >= 4 is 5.84 Å². The van der Waals surface area contributed by atoms with Crippen molar-refractivity contribution in [2.24, 2.45) is 4.99 Å². The summed E-state index contributed by atoms with van der Waals surface area (Å²) >= 11 is 0. The van der Waals surface area contributed by atoms with Crippen molar-refractivity contribution in [2.45, 2.75) is 39.5 Å². The smallest absolute Gasteiger partial charge is 0.140 e. The number of amidine groups is 1. The average molecular weight is 481 g/mol. The summed E-state index contributed by atoms with van der Waals surface area (Å²) in [6.07, 6.45) is 0. The van der Waals surface area contributed by atoms with Gasteiger partial charge in [0.2, 0.25) is 0 Å². The first-order valence-corrected chi connectivity index (χ1v) is 12.2. The highest BCUT2D eigenvalue weighted by molar-refractivity contribution is 6.00. The van der Waals surface area contributed by atoms with Crippen LogP contribution in [0.3, 0.4) is 0 Å². The standard InChI is InChI=1S/C27H36N4O4/c1-18-16-34-12-10-30(18)21(4)29-27(31-11-13-35-17-19(31)2)24-7-8-25(28-20(24)3)22-6-9-26(33-5)23(14-22)15-32/h6-9,14,18-19,32H,4,10-13,15-17H2,1-3,5H3/t18?,19-/m0/s1. The Kier molecular flexibility index (Phi) is 8.05. The van der Waals surface area contributed by atoms with Gasteiger partial charge in [-0.05, 0) is 51.1 Å². The van der Waals surface area contributed by atoms with Gasteiger partial charge in [0.25, 0.3) is 0 Å². The second kappa shape index (κ2) is 11.2. The first-order chi connectivity index (χ1) is 16.9. The van der Waals surface area contributed by atoms with E-state index in [1.165, 1.54) is 0 Å². The van der Waals surface area contributed by atoms with Crippen molar-refractivity contribution in [3.05, 3.63) is 59.6 Å². The number of benzene rings is 1. The molecule has 0 saturated carbocycles. The highest BCUT2D eigenvalue weighted by atomic mass is 16.5. The first-order valence-electron chi connectivity index (χ1n) is 12.2. The van der Waals surface area contributed by atoms with Gasteiger partial charge in [-0.2, -0.15) is 0 Å². The Labute approximate surface area is 207 Å². The van der Waals surface area contributed by atoms with Crippen molar-refractivity contribution in [3.8, 4) is 17.0 Å². The van der Waals surface area contributed by atoms with Crippen LogP contribution in [0.15, 0.2) is 47.7 Å². The van der Waals surface area contributed by atoms with Gasteiger partial charge in [0.05, 0.1) is 57.9 Å². The van der Waals surface area contributed by atoms with Crippen molar-refractivity contribution in [1.82, 2.24) is 14.8 Å². The molecule has 35 heavy (non-hydrogen) atoms. The second-order valence-electron chi connectivity index (χ2n) is 9.10. The monoisotopic (exact) mass is 480 g/mol. The van der Waals surface area contributed by atoms with Gasteiger partial charge in [-0.25, -0.2) is 4.99 Å². The van der Waals surface area contributed by atoms with E-state index in [2.05, 4.69) is 36.3 Å². The van der Waals surface area contributed by atoms with Crippen LogP contribution in [0.25, 0.3) is 11.3 Å². The van der Waals surface area contributed by atoms with E-state index in [9.17, 15) is 5.11 Å². The van der Waals surface area contributed by atoms with Crippen LogP contribution in [0.2, 0.25) is 0 Å². The molecule has 0 bridgehead atoms. The van der Waals surface area contributed by atoms with Gasteiger partial charge < -0.3 is 29.1 Å². The molecular weight excluding hydrogens is 444 g/mol. The third-order valence-electron chi connectivity index (χ3n) is 6.65. The molecule has 1 aromatic heterocycles. The lowest BCUT2D eigenvalue weighted by atomic mass is 10.0. The maximum absolute atomic E-state index is 9.72. The van der Waals surface area contributed by atoms with Crippen molar-refractivity contribution < 1.29 is 19.3 Å². The number of pyridine rings is 1. The molecule has 1 N–H and O–H groups in total. The zero-order chi connectivity index (χ0) is 24.9. The summed E-state index contributed by atoms with van der Waals surface area (Å²) < 4.78 is 16.6. The Morgan fingerprint density at radius 3 is 2.40 bits per heavy atom.